The molecule has 0 aliphatic rings. The molecule has 0 spiro atoms. The minimum absolute atomic E-state index is 0.244. The number of hydrogen-bond donors (Lipinski definition) is 1. The van der Waals surface area contributed by atoms with Crippen molar-refractivity contribution in [2.24, 2.45) is 0 Å². The molecule has 0 saturated carbocycles. The summed E-state index contributed by atoms with van der Waals surface area (Å²) in [7, 11) is 0. The number of benzene rings is 1. The fourth-order valence-corrected chi connectivity index (χ4v) is 3.15. The second-order valence-electron chi connectivity index (χ2n) is 3.89. The largest absolute Gasteiger partial charge is 0.481 e. The fraction of sp³-hybridized carbons (Fsp3) is 0.167. The second-order valence-corrected chi connectivity index (χ2v) is 6.17. The third-order valence-electron chi connectivity index (χ3n) is 2.44. The molecule has 8 heteroatoms. The molecule has 106 valence electrons. The highest BCUT2D eigenvalue weighted by molar-refractivity contribution is 9.11. The molecule has 0 unspecified atom stereocenters. The summed E-state index contributed by atoms with van der Waals surface area (Å²) in [5.74, 6) is -1.09. The van der Waals surface area contributed by atoms with E-state index in [1.165, 1.54) is 12.1 Å². The van der Waals surface area contributed by atoms with E-state index in [2.05, 4.69) is 20.9 Å². The Morgan fingerprint density at radius 2 is 2.10 bits per heavy atom. The number of alkyl halides is 3. The highest BCUT2D eigenvalue weighted by Crippen LogP contribution is 2.37. The first-order chi connectivity index (χ1) is 9.27. The Morgan fingerprint density at radius 1 is 1.40 bits per heavy atom. The van der Waals surface area contributed by atoms with Crippen molar-refractivity contribution in [2.75, 3.05) is 0 Å². The summed E-state index contributed by atoms with van der Waals surface area (Å²) in [6, 6.07) is 4.75. The first-order valence-corrected chi connectivity index (χ1v) is 6.93. The van der Waals surface area contributed by atoms with E-state index < -0.39 is 17.7 Å². The molecule has 1 aromatic heterocycles. The Morgan fingerprint density at radius 3 is 2.70 bits per heavy atom. The third-order valence-corrected chi connectivity index (χ3v) is 4.04. The maximum atomic E-state index is 12.7. The second kappa shape index (κ2) is 5.53. The average molecular weight is 366 g/mol. The Kier molecular flexibility index (Phi) is 4.14. The molecule has 1 aromatic carbocycles. The van der Waals surface area contributed by atoms with Crippen molar-refractivity contribution in [1.82, 2.24) is 4.98 Å². The number of carboxylic acid groups (broad SMARTS) is 1. The molecule has 0 radical (unpaired) electrons. The van der Waals surface area contributed by atoms with E-state index in [9.17, 15) is 18.0 Å². The Balaban J connectivity index is 2.49. The van der Waals surface area contributed by atoms with Gasteiger partial charge in [0.05, 0.1) is 22.6 Å². The van der Waals surface area contributed by atoms with E-state index in [4.69, 9.17) is 5.11 Å². The summed E-state index contributed by atoms with van der Waals surface area (Å²) in [6.45, 7) is 0. The fourth-order valence-electron chi connectivity index (χ4n) is 1.65. The van der Waals surface area contributed by atoms with Gasteiger partial charge in [0.2, 0.25) is 0 Å². The monoisotopic (exact) mass is 365 g/mol. The number of carbonyl (C=O) groups is 1. The third kappa shape index (κ3) is 3.37. The topological polar surface area (TPSA) is 50.2 Å². The lowest BCUT2D eigenvalue weighted by Gasteiger charge is -2.08. The number of thiazole rings is 1. The standard InChI is InChI=1S/C12H7BrF3NO2S/c13-11-17-8(5-9(18)19)10(20-11)6-2-1-3-7(4-6)12(14,15)16/h1-4H,5H2,(H,18,19). The minimum Gasteiger partial charge on any atom is -0.481 e. The Bertz CT molecular complexity index is 654. The van der Waals surface area contributed by atoms with Crippen molar-refractivity contribution in [3.05, 3.63) is 39.4 Å². The molecule has 0 aliphatic carbocycles. The molecule has 0 aliphatic heterocycles. The zero-order valence-electron chi connectivity index (χ0n) is 9.74. The summed E-state index contributed by atoms with van der Waals surface area (Å²) in [5.41, 5.74) is -0.228. The van der Waals surface area contributed by atoms with Crippen LogP contribution in [0.4, 0.5) is 13.2 Å². The molecule has 0 amide bonds. The SMILES string of the molecule is O=C(O)Cc1nc(Br)sc1-c1cccc(C(F)(F)F)c1. The summed E-state index contributed by atoms with van der Waals surface area (Å²) in [6.07, 6.45) is -4.78. The molecular formula is C12H7BrF3NO2S. The van der Waals surface area contributed by atoms with Gasteiger partial charge in [-0.25, -0.2) is 4.98 Å². The van der Waals surface area contributed by atoms with Gasteiger partial charge in [0.25, 0.3) is 0 Å². The molecule has 1 N–H and O–H groups in total. The van der Waals surface area contributed by atoms with Crippen LogP contribution in [0.1, 0.15) is 11.3 Å². The van der Waals surface area contributed by atoms with Gasteiger partial charge in [-0.1, -0.05) is 12.1 Å². The van der Waals surface area contributed by atoms with Crippen LogP contribution in [0.5, 0.6) is 0 Å². The quantitative estimate of drug-likeness (QED) is 0.885. The molecule has 3 nitrogen and oxygen atoms in total. The van der Waals surface area contributed by atoms with E-state index in [0.29, 0.717) is 14.4 Å². The predicted molar refractivity (Wildman–Crippen MR) is 71.6 cm³/mol. The van der Waals surface area contributed by atoms with Crippen molar-refractivity contribution in [3.63, 3.8) is 0 Å². The number of aromatic nitrogens is 1. The first-order valence-electron chi connectivity index (χ1n) is 5.32. The summed E-state index contributed by atoms with van der Waals surface area (Å²) in [5, 5.41) is 8.80. The van der Waals surface area contributed by atoms with Crippen molar-refractivity contribution >= 4 is 33.2 Å². The van der Waals surface area contributed by atoms with Crippen molar-refractivity contribution < 1.29 is 23.1 Å². The molecule has 0 atom stereocenters. The van der Waals surface area contributed by atoms with Crippen LogP contribution in [0.2, 0.25) is 0 Å². The van der Waals surface area contributed by atoms with Crippen LogP contribution in [0.25, 0.3) is 10.4 Å². The van der Waals surface area contributed by atoms with Crippen molar-refractivity contribution in [2.45, 2.75) is 12.6 Å². The van der Waals surface area contributed by atoms with Crippen molar-refractivity contribution in [1.29, 1.82) is 0 Å². The zero-order valence-corrected chi connectivity index (χ0v) is 12.1. The van der Waals surface area contributed by atoms with Gasteiger partial charge in [0.1, 0.15) is 0 Å². The van der Waals surface area contributed by atoms with Gasteiger partial charge < -0.3 is 5.11 Å². The highest BCUT2D eigenvalue weighted by atomic mass is 79.9. The van der Waals surface area contributed by atoms with Gasteiger partial charge in [-0.3, -0.25) is 4.79 Å². The predicted octanol–water partition coefficient (Wildman–Crippen LogP) is 4.22. The van der Waals surface area contributed by atoms with Gasteiger partial charge in [-0.05, 0) is 33.6 Å². The van der Waals surface area contributed by atoms with E-state index in [-0.39, 0.29) is 12.1 Å². The molecule has 0 saturated heterocycles. The summed E-state index contributed by atoms with van der Waals surface area (Å²) in [4.78, 5) is 15.2. The first kappa shape index (κ1) is 15.0. The van der Waals surface area contributed by atoms with Gasteiger partial charge in [0.15, 0.2) is 3.92 Å². The van der Waals surface area contributed by atoms with Gasteiger partial charge in [-0.15, -0.1) is 11.3 Å². The number of aliphatic carboxylic acids is 1. The molecule has 0 fully saturated rings. The van der Waals surface area contributed by atoms with Crippen LogP contribution in [0.3, 0.4) is 0 Å². The van der Waals surface area contributed by atoms with E-state index >= 15 is 0 Å². The lowest BCUT2D eigenvalue weighted by Crippen LogP contribution is -2.05. The number of nitrogens with zero attached hydrogens (tertiary/aromatic N) is 1. The summed E-state index contributed by atoms with van der Waals surface area (Å²) < 4.78 is 38.5. The maximum absolute atomic E-state index is 12.7. The number of rotatable bonds is 3. The molecule has 2 aromatic rings. The van der Waals surface area contributed by atoms with Gasteiger partial charge >= 0.3 is 12.1 Å². The van der Waals surface area contributed by atoms with Crippen LogP contribution >= 0.6 is 27.3 Å². The normalized spacial score (nSPS) is 11.6. The lowest BCUT2D eigenvalue weighted by atomic mass is 10.1. The average Bonchev–Trinajstić information content (AvgIpc) is 2.68. The van der Waals surface area contributed by atoms with E-state index in [1.54, 1.807) is 0 Å². The van der Waals surface area contributed by atoms with Crippen LogP contribution in [-0.4, -0.2) is 16.1 Å². The molecule has 1 heterocycles. The lowest BCUT2D eigenvalue weighted by molar-refractivity contribution is -0.138. The Hall–Kier alpha value is -1.41. The maximum Gasteiger partial charge on any atom is 0.416 e. The number of halogens is 4. The van der Waals surface area contributed by atoms with Gasteiger partial charge in [-0.2, -0.15) is 13.2 Å². The molecule has 0 bridgehead atoms. The van der Waals surface area contributed by atoms with Crippen LogP contribution in [0.15, 0.2) is 28.2 Å². The summed E-state index contributed by atoms with van der Waals surface area (Å²) >= 11 is 4.22. The highest BCUT2D eigenvalue weighted by Gasteiger charge is 2.30. The van der Waals surface area contributed by atoms with Crippen LogP contribution in [-0.2, 0) is 17.4 Å². The number of hydrogen-bond acceptors (Lipinski definition) is 3. The van der Waals surface area contributed by atoms with Gasteiger partial charge in [0, 0.05) is 0 Å². The molecular weight excluding hydrogens is 359 g/mol. The zero-order chi connectivity index (χ0) is 14.9. The number of carboxylic acids is 1. The van der Waals surface area contributed by atoms with Crippen molar-refractivity contribution in [3.8, 4) is 10.4 Å². The van der Waals surface area contributed by atoms with Crippen LogP contribution in [0, 0.1) is 0 Å². The molecule has 20 heavy (non-hydrogen) atoms. The van der Waals surface area contributed by atoms with Crippen LogP contribution < -0.4 is 0 Å². The van der Waals surface area contributed by atoms with E-state index in [1.807, 2.05) is 0 Å². The smallest absolute Gasteiger partial charge is 0.416 e. The Labute approximate surface area is 124 Å². The van der Waals surface area contributed by atoms with E-state index in [0.717, 1.165) is 23.5 Å². The molecule has 2 rings (SSSR count). The minimum atomic E-state index is -4.44.